The first kappa shape index (κ1) is 15.2. The summed E-state index contributed by atoms with van der Waals surface area (Å²) in [6, 6.07) is 2.68. The number of rotatable bonds is 4. The van der Waals surface area contributed by atoms with Crippen LogP contribution in [0.1, 0.15) is 29.8 Å². The molecule has 1 atom stereocenters. The minimum Gasteiger partial charge on any atom is -0.389 e. The smallest absolute Gasteiger partial charge is 0.107 e. The molecule has 1 unspecified atom stereocenters. The minimum atomic E-state index is 0.427. The summed E-state index contributed by atoms with van der Waals surface area (Å²) >= 11 is 5.21. The fraction of sp³-hybridized carbons (Fsp3) is 0.600. The maximum absolute atomic E-state index is 5.89. The molecule has 2 rings (SSSR count). The number of hydrogen-bond donors (Lipinski definition) is 1. The Kier molecular flexibility index (Phi) is 4.60. The molecule has 1 aromatic rings. The second-order valence-corrected chi connectivity index (χ2v) is 6.20. The number of likely N-dealkylation sites (N-methyl/N-ethyl adjacent to an activating group) is 2. The molecule has 1 aliphatic heterocycles. The van der Waals surface area contributed by atoms with Gasteiger partial charge in [-0.3, -0.25) is 4.98 Å². The van der Waals surface area contributed by atoms with Crippen LogP contribution >= 0.6 is 12.2 Å². The fourth-order valence-electron chi connectivity index (χ4n) is 3.04. The van der Waals surface area contributed by atoms with Gasteiger partial charge in [-0.25, -0.2) is 0 Å². The number of hydrogen-bond acceptors (Lipinski definition) is 4. The molecule has 0 aliphatic carbocycles. The Morgan fingerprint density at radius 1 is 1.55 bits per heavy atom. The fourth-order valence-corrected chi connectivity index (χ4v) is 3.29. The third-order valence-corrected chi connectivity index (χ3v) is 4.33. The van der Waals surface area contributed by atoms with Gasteiger partial charge < -0.3 is 15.5 Å². The number of nitrogens with two attached hydrogens (primary N) is 1. The normalized spacial score (nSPS) is 19.3. The van der Waals surface area contributed by atoms with Gasteiger partial charge in [0.2, 0.25) is 0 Å². The molecular weight excluding hydrogens is 268 g/mol. The lowest BCUT2D eigenvalue weighted by Crippen LogP contribution is -2.37. The Morgan fingerprint density at radius 3 is 2.80 bits per heavy atom. The third-order valence-electron chi connectivity index (χ3n) is 4.12. The number of thiocarbonyl (C=S) groups is 1. The molecular formula is C15H24N4S. The standard InChI is InChI=1S/C15H24N4S/c1-10-8-13(14(15(16)20)11(2)17-10)19(4)9-12-6-5-7-18(12)3/h8,12H,5-7,9H2,1-4H3,(H2,16,20). The van der Waals surface area contributed by atoms with Crippen molar-refractivity contribution in [2.75, 3.05) is 32.1 Å². The molecule has 20 heavy (non-hydrogen) atoms. The van der Waals surface area contributed by atoms with Crippen LogP contribution in [0.5, 0.6) is 0 Å². The maximum Gasteiger partial charge on any atom is 0.107 e. The van der Waals surface area contributed by atoms with E-state index in [1.165, 1.54) is 19.4 Å². The Labute approximate surface area is 127 Å². The zero-order valence-corrected chi connectivity index (χ0v) is 13.6. The lowest BCUT2D eigenvalue weighted by molar-refractivity contribution is 0.314. The van der Waals surface area contributed by atoms with Crippen LogP contribution in [0.3, 0.4) is 0 Å². The van der Waals surface area contributed by atoms with Crippen LogP contribution in [0.15, 0.2) is 6.07 Å². The second kappa shape index (κ2) is 6.06. The van der Waals surface area contributed by atoms with Gasteiger partial charge in [-0.2, -0.15) is 0 Å². The van der Waals surface area contributed by atoms with Gasteiger partial charge in [0.05, 0.1) is 11.3 Å². The number of aromatic nitrogens is 1. The van der Waals surface area contributed by atoms with E-state index in [1.807, 2.05) is 13.8 Å². The molecule has 0 aromatic carbocycles. The Bertz CT molecular complexity index is 515. The van der Waals surface area contributed by atoms with Crippen molar-refractivity contribution in [3.8, 4) is 0 Å². The van der Waals surface area contributed by atoms with Gasteiger partial charge >= 0.3 is 0 Å². The largest absolute Gasteiger partial charge is 0.389 e. The predicted octanol–water partition coefficient (Wildman–Crippen LogP) is 1.86. The molecule has 4 nitrogen and oxygen atoms in total. The molecule has 110 valence electrons. The van der Waals surface area contributed by atoms with Gasteiger partial charge in [-0.1, -0.05) is 12.2 Å². The molecule has 0 radical (unpaired) electrons. The third kappa shape index (κ3) is 3.10. The maximum atomic E-state index is 5.89. The van der Waals surface area contributed by atoms with E-state index in [2.05, 4.69) is 34.9 Å². The highest BCUT2D eigenvalue weighted by Gasteiger charge is 2.24. The summed E-state index contributed by atoms with van der Waals surface area (Å²) in [5.41, 5.74) is 9.82. The summed E-state index contributed by atoms with van der Waals surface area (Å²) < 4.78 is 0. The second-order valence-electron chi connectivity index (χ2n) is 5.76. The van der Waals surface area contributed by atoms with E-state index in [0.29, 0.717) is 11.0 Å². The summed E-state index contributed by atoms with van der Waals surface area (Å²) in [5, 5.41) is 0. The first-order valence-corrected chi connectivity index (χ1v) is 7.50. The number of aryl methyl sites for hydroxylation is 2. The van der Waals surface area contributed by atoms with Crippen LogP contribution in [0.25, 0.3) is 0 Å². The van der Waals surface area contributed by atoms with E-state index in [-0.39, 0.29) is 0 Å². The van der Waals surface area contributed by atoms with E-state index in [1.54, 1.807) is 0 Å². The molecule has 0 spiro atoms. The van der Waals surface area contributed by atoms with E-state index >= 15 is 0 Å². The van der Waals surface area contributed by atoms with Crippen molar-refractivity contribution >= 4 is 22.9 Å². The minimum absolute atomic E-state index is 0.427. The van der Waals surface area contributed by atoms with E-state index < -0.39 is 0 Å². The van der Waals surface area contributed by atoms with Crippen LogP contribution < -0.4 is 10.6 Å². The van der Waals surface area contributed by atoms with Gasteiger partial charge in [-0.15, -0.1) is 0 Å². The van der Waals surface area contributed by atoms with Crippen molar-refractivity contribution in [3.63, 3.8) is 0 Å². The van der Waals surface area contributed by atoms with Crippen LogP contribution in [0.4, 0.5) is 5.69 Å². The number of likely N-dealkylation sites (tertiary alicyclic amines) is 1. The Hall–Kier alpha value is -1.20. The molecule has 0 bridgehead atoms. The quantitative estimate of drug-likeness (QED) is 0.858. The number of nitrogens with zero attached hydrogens (tertiary/aromatic N) is 3. The highest BCUT2D eigenvalue weighted by Crippen LogP contribution is 2.25. The van der Waals surface area contributed by atoms with Gasteiger partial charge in [0.1, 0.15) is 4.99 Å². The van der Waals surface area contributed by atoms with Crippen molar-refractivity contribution in [2.24, 2.45) is 5.73 Å². The lowest BCUT2D eigenvalue weighted by Gasteiger charge is -2.29. The lowest BCUT2D eigenvalue weighted by atomic mass is 10.1. The van der Waals surface area contributed by atoms with Crippen molar-refractivity contribution in [1.29, 1.82) is 0 Å². The van der Waals surface area contributed by atoms with Crippen LogP contribution in [-0.4, -0.2) is 48.1 Å². The summed E-state index contributed by atoms with van der Waals surface area (Å²) in [4.78, 5) is 9.60. The van der Waals surface area contributed by atoms with Gasteiger partial charge in [0.15, 0.2) is 0 Å². The van der Waals surface area contributed by atoms with E-state index in [9.17, 15) is 0 Å². The molecule has 0 saturated carbocycles. The highest BCUT2D eigenvalue weighted by molar-refractivity contribution is 7.80. The molecule has 2 heterocycles. The topological polar surface area (TPSA) is 45.4 Å². The van der Waals surface area contributed by atoms with Crippen LogP contribution in [0, 0.1) is 13.8 Å². The van der Waals surface area contributed by atoms with Gasteiger partial charge in [0.25, 0.3) is 0 Å². The SMILES string of the molecule is Cc1cc(N(C)CC2CCCN2C)c(C(N)=S)c(C)n1. The van der Waals surface area contributed by atoms with E-state index in [4.69, 9.17) is 18.0 Å². The predicted molar refractivity (Wildman–Crippen MR) is 88.5 cm³/mol. The molecule has 1 saturated heterocycles. The first-order chi connectivity index (χ1) is 9.40. The van der Waals surface area contributed by atoms with Crippen LogP contribution in [0.2, 0.25) is 0 Å². The van der Waals surface area contributed by atoms with Crippen molar-refractivity contribution in [1.82, 2.24) is 9.88 Å². The number of anilines is 1. The molecule has 1 aliphatic rings. The van der Waals surface area contributed by atoms with Crippen molar-refractivity contribution in [3.05, 3.63) is 23.0 Å². The highest BCUT2D eigenvalue weighted by atomic mass is 32.1. The van der Waals surface area contributed by atoms with E-state index in [0.717, 1.165) is 29.2 Å². The summed E-state index contributed by atoms with van der Waals surface area (Å²) in [5.74, 6) is 0. The molecule has 1 fully saturated rings. The van der Waals surface area contributed by atoms with Crippen LogP contribution in [-0.2, 0) is 0 Å². The molecule has 0 amide bonds. The van der Waals surface area contributed by atoms with Gasteiger partial charge in [0, 0.05) is 31.0 Å². The zero-order chi connectivity index (χ0) is 14.9. The van der Waals surface area contributed by atoms with Gasteiger partial charge in [-0.05, 0) is 46.3 Å². The average molecular weight is 292 g/mol. The zero-order valence-electron chi connectivity index (χ0n) is 12.8. The average Bonchev–Trinajstić information content (AvgIpc) is 2.73. The number of pyridine rings is 1. The van der Waals surface area contributed by atoms with Crippen molar-refractivity contribution < 1.29 is 0 Å². The summed E-state index contributed by atoms with van der Waals surface area (Å²) in [6.07, 6.45) is 2.54. The molecule has 1 aromatic heterocycles. The Balaban J connectivity index is 2.28. The monoisotopic (exact) mass is 292 g/mol. The summed E-state index contributed by atoms with van der Waals surface area (Å²) in [7, 11) is 4.31. The molecule has 2 N–H and O–H groups in total. The van der Waals surface area contributed by atoms with Crippen molar-refractivity contribution in [2.45, 2.75) is 32.7 Å². The Morgan fingerprint density at radius 2 is 2.25 bits per heavy atom. The first-order valence-electron chi connectivity index (χ1n) is 7.09. The summed E-state index contributed by atoms with van der Waals surface area (Å²) in [6.45, 7) is 6.17. The molecule has 5 heteroatoms.